The van der Waals surface area contributed by atoms with Crippen molar-refractivity contribution in [3.63, 3.8) is 0 Å². The van der Waals surface area contributed by atoms with Crippen LogP contribution in [0.5, 0.6) is 0 Å². The van der Waals surface area contributed by atoms with Gasteiger partial charge >= 0.3 is 24.7 Å². The monoisotopic (exact) mass is 2200 g/mol. The molecule has 4 aromatic carbocycles. The lowest BCUT2D eigenvalue weighted by Crippen LogP contribution is -2.43. The van der Waals surface area contributed by atoms with Gasteiger partial charge in [0.1, 0.15) is 56.9 Å². The van der Waals surface area contributed by atoms with E-state index in [1.165, 1.54) is 147 Å². The fourth-order valence-electron chi connectivity index (χ4n) is 19.2. The Morgan fingerprint density at radius 3 is 0.803 bits per heavy atom. The van der Waals surface area contributed by atoms with E-state index in [1.54, 1.807) is 40.6 Å². The highest BCUT2D eigenvalue weighted by Gasteiger charge is 2.43. The third kappa shape index (κ3) is 24.1. The molecule has 4 amide bonds. The molecule has 0 spiro atoms. The number of aromatic nitrogens is 8. The fraction of sp³-hybridized carbons (Fsp3) is 0.404. The maximum absolute atomic E-state index is 13.6. The van der Waals surface area contributed by atoms with Crippen LogP contribution in [0.25, 0.3) is 44.1 Å². The minimum Gasteiger partial charge on any atom is -0.385 e. The number of methoxy groups -OCH3 is 1. The molecule has 4 aliphatic heterocycles. The molecule has 0 N–H and O–H groups in total. The molecular formula is C104H100Cl8F12N12O11. The summed E-state index contributed by atoms with van der Waals surface area (Å²) in [4.78, 5) is 152. The number of aryl methyl sites for hydroxylation is 8. The number of Topliss-reactive ketones (excluding diaryl/α,β-unsaturated/α-hetero) is 2. The van der Waals surface area contributed by atoms with Crippen molar-refractivity contribution in [2.24, 2.45) is 63.7 Å². The highest BCUT2D eigenvalue weighted by atomic mass is 35.5. The van der Waals surface area contributed by atoms with Crippen molar-refractivity contribution in [1.82, 2.24) is 57.8 Å². The van der Waals surface area contributed by atoms with Crippen LogP contribution in [0.2, 0.25) is 40.2 Å². The Hall–Kier alpha value is -11.0. The molecule has 0 unspecified atom stereocenters. The zero-order chi connectivity index (χ0) is 108. The number of pyridine rings is 4. The van der Waals surface area contributed by atoms with Gasteiger partial charge in [0, 0.05) is 129 Å². The quantitative estimate of drug-likeness (QED) is 0.0538. The highest BCUT2D eigenvalue weighted by molar-refractivity contribution is 6.46. The number of rotatable bonds is 19. The van der Waals surface area contributed by atoms with E-state index in [4.69, 9.17) is 97.5 Å². The second kappa shape index (κ2) is 45.0. The van der Waals surface area contributed by atoms with Crippen LogP contribution in [0.4, 0.5) is 52.7 Å². The number of amides is 4. The van der Waals surface area contributed by atoms with Crippen LogP contribution in [-0.4, -0.2) is 182 Å². The zero-order valence-corrected chi connectivity index (χ0v) is 87.9. The van der Waals surface area contributed by atoms with E-state index < -0.39 is 70.6 Å². The Kier molecular flexibility index (Phi) is 34.7. The molecule has 0 bridgehead atoms. The van der Waals surface area contributed by atoms with Gasteiger partial charge in [0.15, 0.2) is 0 Å². The molecule has 4 fully saturated rings. The molecule has 12 aromatic rings. The topological polar surface area (TPSA) is 264 Å². The molecule has 4 aliphatic rings. The second-order valence-corrected chi connectivity index (χ2v) is 41.0. The molecule has 4 saturated heterocycles. The molecule has 12 heterocycles. The molecule has 147 heavy (non-hydrogen) atoms. The molecule has 8 aromatic heterocycles. The summed E-state index contributed by atoms with van der Waals surface area (Å²) in [6.45, 7) is 20.0. The SMILES string of the molecule is CC(=O)C[C@@H]1CCN(C(=O)c2ccc(Cl)c(C(=O)c3cc4c(C)cc(C(F)(F)F)nc4n3C)c2Cl)C[C@@H]1C.CC(=O)C[C@H]1CCN(C(=O)c2ccc(Cl)c(C(=O)c3cc4c(C)cc(C(F)(F)F)nc4n3C)c2Cl)C[C@H]1C.COCCC1CCN(C(=O)c2ccc(Cl)c(C(=O)c3cc4c(C)cc(C(F)(F)F)nc4n3C)c2Cl)CC1.Cc1cc(C(F)(F)F)nc2c1cc(C(=O)c1c(Cl)ccc(C(=O)N3CCC(C)CC3)c1Cl)n2C. The van der Waals surface area contributed by atoms with Crippen molar-refractivity contribution < 1.29 is 105 Å². The van der Waals surface area contributed by atoms with Gasteiger partial charge in [0.25, 0.3) is 23.6 Å². The van der Waals surface area contributed by atoms with Crippen LogP contribution in [0.15, 0.2) is 97.1 Å². The van der Waals surface area contributed by atoms with Crippen molar-refractivity contribution in [1.29, 1.82) is 0 Å². The smallest absolute Gasteiger partial charge is 0.385 e. The number of carbonyl (C=O) groups excluding carboxylic acids is 10. The predicted molar refractivity (Wildman–Crippen MR) is 538 cm³/mol. The van der Waals surface area contributed by atoms with Gasteiger partial charge in [0.05, 0.1) is 107 Å². The van der Waals surface area contributed by atoms with Crippen LogP contribution in [0.1, 0.15) is 243 Å². The number of piperidine rings is 4. The first-order valence-corrected chi connectivity index (χ1v) is 49.7. The van der Waals surface area contributed by atoms with Crippen LogP contribution in [-0.2, 0) is 67.2 Å². The number of benzene rings is 4. The number of hydrogen-bond donors (Lipinski definition) is 0. The summed E-state index contributed by atoms with van der Waals surface area (Å²) in [5.74, 6) is -1.99. The molecule has 4 atom stereocenters. The maximum Gasteiger partial charge on any atom is 0.433 e. The lowest BCUT2D eigenvalue weighted by Gasteiger charge is -2.37. The minimum atomic E-state index is -4.65. The Labute approximate surface area is 876 Å². The standard InChI is InChI=1S/2C27H26Cl2F3N3O3.C26H26Cl2F3N3O3.C24H22Cl2F3N3O2/c2*1-13-9-21(27(30,31)32)33-25-18(13)11-20(34(25)4)24(37)22-19(28)6-5-17(23(22)29)26(38)35-8-7-16(10-15(3)36)14(2)12-35;1-14-12-20(26(29,30)31)32-24-17(14)13-19(33(24)2)23(35)21-18(27)5-4-16(22(21)28)25(36)34-9-6-15(7-10-34)8-11-37-3;1-12-6-8-32(9-7-12)23(34)14-4-5-16(25)19(20(14)26)21(33)17-11-15-13(2)10-18(24(27,28)29)30-22(15)31(17)3/h2*5-6,9,11,14,16H,7-8,10,12H2,1-4H3;4-5,12-13,15H,6-11H2,1-3H3;4-5,10-12H,6-9H2,1-3H3/t2*14-,16-;;/m10../s1. The van der Waals surface area contributed by atoms with Gasteiger partial charge in [-0.3, -0.25) is 38.4 Å². The molecule has 43 heteroatoms. The first-order chi connectivity index (χ1) is 68.7. The second-order valence-electron chi connectivity index (χ2n) is 37.9. The predicted octanol–water partition coefficient (Wildman–Crippen LogP) is 25.7. The van der Waals surface area contributed by atoms with Gasteiger partial charge in [-0.1, -0.05) is 114 Å². The average molecular weight is 2210 g/mol. The van der Waals surface area contributed by atoms with E-state index in [0.717, 1.165) is 56.4 Å². The first kappa shape index (κ1) is 113. The van der Waals surface area contributed by atoms with Crippen LogP contribution in [0.3, 0.4) is 0 Å². The van der Waals surface area contributed by atoms with E-state index in [2.05, 4.69) is 26.9 Å². The molecule has 0 aliphatic carbocycles. The van der Waals surface area contributed by atoms with Crippen molar-refractivity contribution >= 4 is 195 Å². The average Bonchev–Trinajstić information content (AvgIpc) is 1.65. The van der Waals surface area contributed by atoms with Gasteiger partial charge in [0.2, 0.25) is 23.1 Å². The van der Waals surface area contributed by atoms with Gasteiger partial charge in [-0.25, -0.2) is 19.9 Å². The molecule has 782 valence electrons. The van der Waals surface area contributed by atoms with E-state index >= 15 is 0 Å². The summed E-state index contributed by atoms with van der Waals surface area (Å²) in [6.07, 6.45) is -11.9. The maximum atomic E-state index is 13.6. The minimum absolute atomic E-state index is 0.00601. The Balaban J connectivity index is 0.000000164. The Morgan fingerprint density at radius 2 is 0.578 bits per heavy atom. The normalized spacial score (nSPS) is 16.7. The summed E-state index contributed by atoms with van der Waals surface area (Å²) >= 11 is 51.7. The Morgan fingerprint density at radius 1 is 0.347 bits per heavy atom. The van der Waals surface area contributed by atoms with Gasteiger partial charge < -0.3 is 52.2 Å². The van der Waals surface area contributed by atoms with Gasteiger partial charge in [-0.2, -0.15) is 52.7 Å². The summed E-state index contributed by atoms with van der Waals surface area (Å²) in [5, 5.41) is 1.25. The largest absolute Gasteiger partial charge is 0.433 e. The Bertz CT molecular complexity index is 7080. The van der Waals surface area contributed by atoms with Crippen molar-refractivity contribution in [3.05, 3.63) is 250 Å². The fourth-order valence-corrected chi connectivity index (χ4v) is 21.7. The van der Waals surface area contributed by atoms with E-state index in [-0.39, 0.29) is 189 Å². The number of carbonyl (C=O) groups is 10. The number of ether oxygens (including phenoxy) is 1. The number of nitrogens with zero attached hydrogens (tertiary/aromatic N) is 12. The highest BCUT2D eigenvalue weighted by Crippen LogP contribution is 2.45. The van der Waals surface area contributed by atoms with E-state index in [9.17, 15) is 101 Å². The molecular weight excluding hydrogens is 2100 g/mol. The zero-order valence-electron chi connectivity index (χ0n) is 81.8. The summed E-state index contributed by atoms with van der Waals surface area (Å²) in [7, 11) is 7.44. The number of hydrogen-bond acceptors (Lipinski definition) is 15. The lowest BCUT2D eigenvalue weighted by molar-refractivity contribution is -0.141. The third-order valence-corrected chi connectivity index (χ3v) is 30.5. The van der Waals surface area contributed by atoms with E-state index in [1.807, 2.05) is 13.8 Å². The van der Waals surface area contributed by atoms with Crippen molar-refractivity contribution in [3.8, 4) is 0 Å². The number of fused-ring (bicyclic) bond motifs is 4. The molecule has 16 rings (SSSR count). The number of halogens is 20. The molecule has 0 saturated carbocycles. The lowest BCUT2D eigenvalue weighted by atomic mass is 9.83. The summed E-state index contributed by atoms with van der Waals surface area (Å²) in [6, 6.07) is 21.1. The number of likely N-dealkylation sites (tertiary alicyclic amines) is 4. The number of alkyl halides is 12. The summed E-state index contributed by atoms with van der Waals surface area (Å²) < 4.78 is 170. The van der Waals surface area contributed by atoms with Crippen molar-refractivity contribution in [2.45, 2.75) is 145 Å². The van der Waals surface area contributed by atoms with Crippen LogP contribution >= 0.6 is 92.8 Å². The third-order valence-electron chi connectivity index (χ3n) is 27.7. The van der Waals surface area contributed by atoms with Crippen LogP contribution < -0.4 is 0 Å². The van der Waals surface area contributed by atoms with E-state index in [0.29, 0.717) is 140 Å². The van der Waals surface area contributed by atoms with Gasteiger partial charge in [-0.05, 0) is 241 Å². The summed E-state index contributed by atoms with van der Waals surface area (Å²) in [5.41, 5.74) is -2.65. The molecule has 0 radical (unpaired) electrons. The first-order valence-electron chi connectivity index (χ1n) is 46.7. The van der Waals surface area contributed by atoms with Crippen molar-refractivity contribution in [2.75, 3.05) is 66.1 Å². The molecule has 23 nitrogen and oxygen atoms in total. The number of ketones is 6. The van der Waals surface area contributed by atoms with Crippen LogP contribution in [0, 0.1) is 63.2 Å². The van der Waals surface area contributed by atoms with Gasteiger partial charge in [-0.15, -0.1) is 0 Å².